The van der Waals surface area contributed by atoms with Gasteiger partial charge >= 0.3 is 5.97 Å². The Kier molecular flexibility index (Phi) is 7.40. The highest BCUT2D eigenvalue weighted by atomic mass is 32.2. The van der Waals surface area contributed by atoms with Gasteiger partial charge in [0.15, 0.2) is 0 Å². The Bertz CT molecular complexity index is 1110. The van der Waals surface area contributed by atoms with Crippen LogP contribution in [0.3, 0.4) is 0 Å². The van der Waals surface area contributed by atoms with Crippen molar-refractivity contribution in [3.63, 3.8) is 0 Å². The minimum absolute atomic E-state index is 0.0333. The topological polar surface area (TPSA) is 68.7 Å². The molecule has 5 nitrogen and oxygen atoms in total. The van der Waals surface area contributed by atoms with Crippen LogP contribution < -0.4 is 9.47 Å². The molecule has 0 unspecified atom stereocenters. The third-order valence-electron chi connectivity index (χ3n) is 4.80. The smallest absolute Gasteiger partial charge is 0.307 e. The molecule has 0 radical (unpaired) electrons. The molecule has 0 aliphatic carbocycles. The lowest BCUT2D eigenvalue weighted by molar-refractivity contribution is -0.136. The van der Waals surface area contributed by atoms with Crippen LogP contribution in [0.15, 0.2) is 41.3 Å². The average molecular weight is 480 g/mol. The lowest BCUT2D eigenvalue weighted by atomic mass is 10.1. The summed E-state index contributed by atoms with van der Waals surface area (Å²) < 4.78 is 37.7. The maximum Gasteiger partial charge on any atom is 0.307 e. The highest BCUT2D eigenvalue weighted by molar-refractivity contribution is 7.98. The molecule has 0 saturated carbocycles. The van der Waals surface area contributed by atoms with Gasteiger partial charge in [0.1, 0.15) is 16.5 Å². The Balaban J connectivity index is 1.82. The van der Waals surface area contributed by atoms with Gasteiger partial charge in [-0.3, -0.25) is 4.79 Å². The number of nitrogens with zero attached hydrogens (tertiary/aromatic N) is 1. The van der Waals surface area contributed by atoms with Crippen molar-refractivity contribution in [1.29, 1.82) is 0 Å². The molecule has 170 valence electrons. The number of rotatable bonds is 9. The predicted molar refractivity (Wildman–Crippen MR) is 122 cm³/mol. The van der Waals surface area contributed by atoms with E-state index in [1.165, 1.54) is 42.3 Å². The fourth-order valence-corrected chi connectivity index (χ4v) is 5.36. The van der Waals surface area contributed by atoms with Gasteiger partial charge in [0.05, 0.1) is 31.2 Å². The number of thiazole rings is 1. The van der Waals surface area contributed by atoms with Crippen LogP contribution in [-0.2, 0) is 22.9 Å². The molecule has 32 heavy (non-hydrogen) atoms. The SMILES string of the molecule is COc1cc(OC)c(SCc2sc(-c3ccc(C(C)(F)F)cc3)nc2C)cc1CC(=O)O. The van der Waals surface area contributed by atoms with Gasteiger partial charge < -0.3 is 14.6 Å². The van der Waals surface area contributed by atoms with Crippen molar-refractivity contribution in [2.45, 2.75) is 36.8 Å². The lowest BCUT2D eigenvalue weighted by Crippen LogP contribution is -2.06. The zero-order valence-corrected chi connectivity index (χ0v) is 19.7. The zero-order chi connectivity index (χ0) is 23.5. The molecule has 0 spiro atoms. The van der Waals surface area contributed by atoms with Crippen LogP contribution in [0.1, 0.15) is 28.6 Å². The summed E-state index contributed by atoms with van der Waals surface area (Å²) in [6, 6.07) is 9.63. The highest BCUT2D eigenvalue weighted by Gasteiger charge is 2.24. The van der Waals surface area contributed by atoms with Crippen molar-refractivity contribution in [2.75, 3.05) is 14.2 Å². The maximum absolute atomic E-state index is 13.5. The number of ether oxygens (including phenoxy) is 2. The highest BCUT2D eigenvalue weighted by Crippen LogP contribution is 2.39. The summed E-state index contributed by atoms with van der Waals surface area (Å²) in [5.41, 5.74) is 2.18. The second-order valence-electron chi connectivity index (χ2n) is 7.17. The maximum atomic E-state index is 13.5. The molecule has 2 aromatic carbocycles. The molecule has 3 aromatic rings. The second-order valence-corrected chi connectivity index (χ2v) is 9.27. The van der Waals surface area contributed by atoms with Gasteiger partial charge in [-0.05, 0) is 13.0 Å². The third kappa shape index (κ3) is 5.58. The van der Waals surface area contributed by atoms with E-state index < -0.39 is 11.9 Å². The van der Waals surface area contributed by atoms with E-state index in [0.717, 1.165) is 33.0 Å². The number of methoxy groups -OCH3 is 2. The first kappa shape index (κ1) is 24.0. The van der Waals surface area contributed by atoms with E-state index in [9.17, 15) is 18.7 Å². The monoisotopic (exact) mass is 479 g/mol. The first-order valence-corrected chi connectivity index (χ1v) is 11.5. The number of aryl methyl sites for hydroxylation is 1. The quantitative estimate of drug-likeness (QED) is 0.370. The number of aromatic nitrogens is 1. The number of hydrogen-bond acceptors (Lipinski definition) is 6. The fraction of sp³-hybridized carbons (Fsp3) is 0.304. The van der Waals surface area contributed by atoms with Gasteiger partial charge in [-0.25, -0.2) is 13.8 Å². The van der Waals surface area contributed by atoms with Crippen LogP contribution in [0.2, 0.25) is 0 Å². The number of alkyl halides is 2. The van der Waals surface area contributed by atoms with Crippen LogP contribution >= 0.6 is 23.1 Å². The summed E-state index contributed by atoms with van der Waals surface area (Å²) >= 11 is 3.01. The van der Waals surface area contributed by atoms with Crippen LogP contribution in [0.5, 0.6) is 11.5 Å². The number of aliphatic carboxylic acids is 1. The average Bonchev–Trinajstić information content (AvgIpc) is 3.11. The van der Waals surface area contributed by atoms with E-state index in [1.807, 2.05) is 6.92 Å². The first-order chi connectivity index (χ1) is 15.1. The summed E-state index contributed by atoms with van der Waals surface area (Å²) in [5.74, 6) is -2.16. The first-order valence-electron chi connectivity index (χ1n) is 9.67. The summed E-state index contributed by atoms with van der Waals surface area (Å²) in [6.45, 7) is 2.78. The van der Waals surface area contributed by atoms with Crippen LogP contribution in [-0.4, -0.2) is 30.3 Å². The minimum Gasteiger partial charge on any atom is -0.496 e. The number of carbonyl (C=O) groups is 1. The van der Waals surface area contributed by atoms with E-state index in [0.29, 0.717) is 22.8 Å². The molecule has 0 aliphatic heterocycles. The molecular weight excluding hydrogens is 456 g/mol. The Hall–Kier alpha value is -2.65. The normalized spacial score (nSPS) is 11.4. The molecular formula is C23H23F2NO4S2. The summed E-state index contributed by atoms with van der Waals surface area (Å²) in [7, 11) is 3.04. The molecule has 0 bridgehead atoms. The number of carboxylic acids is 1. The van der Waals surface area contributed by atoms with Gasteiger partial charge in [0, 0.05) is 40.3 Å². The van der Waals surface area contributed by atoms with Crippen molar-refractivity contribution in [2.24, 2.45) is 0 Å². The molecule has 0 saturated heterocycles. The van der Waals surface area contributed by atoms with Gasteiger partial charge in [0.25, 0.3) is 5.92 Å². The number of thioether (sulfide) groups is 1. The van der Waals surface area contributed by atoms with Gasteiger partial charge in [-0.2, -0.15) is 0 Å². The molecule has 3 rings (SSSR count). The van der Waals surface area contributed by atoms with Crippen LogP contribution in [0, 0.1) is 6.92 Å². The molecule has 1 aromatic heterocycles. The van der Waals surface area contributed by atoms with Gasteiger partial charge in [-0.1, -0.05) is 24.3 Å². The fourth-order valence-electron chi connectivity index (χ4n) is 3.08. The lowest BCUT2D eigenvalue weighted by Gasteiger charge is -2.13. The van der Waals surface area contributed by atoms with E-state index in [2.05, 4.69) is 4.98 Å². The third-order valence-corrected chi connectivity index (χ3v) is 7.25. The van der Waals surface area contributed by atoms with E-state index in [1.54, 1.807) is 31.4 Å². The Labute approximate surface area is 193 Å². The van der Waals surface area contributed by atoms with Crippen molar-refractivity contribution >= 4 is 29.1 Å². The van der Waals surface area contributed by atoms with E-state index in [-0.39, 0.29) is 12.0 Å². The number of hydrogen-bond donors (Lipinski definition) is 1. The molecule has 0 fully saturated rings. The number of carboxylic acid groups (broad SMARTS) is 1. The Morgan fingerprint density at radius 2 is 1.81 bits per heavy atom. The predicted octanol–water partition coefficient (Wildman–Crippen LogP) is 6.17. The van der Waals surface area contributed by atoms with Crippen molar-refractivity contribution in [3.8, 4) is 22.1 Å². The molecule has 0 aliphatic rings. The van der Waals surface area contributed by atoms with Crippen molar-refractivity contribution in [3.05, 3.63) is 58.1 Å². The second kappa shape index (κ2) is 9.87. The summed E-state index contributed by atoms with van der Waals surface area (Å²) in [4.78, 5) is 17.6. The Morgan fingerprint density at radius 1 is 1.16 bits per heavy atom. The molecule has 9 heteroatoms. The number of benzene rings is 2. The van der Waals surface area contributed by atoms with Crippen molar-refractivity contribution in [1.82, 2.24) is 4.98 Å². The van der Waals surface area contributed by atoms with Gasteiger partial charge in [0.2, 0.25) is 0 Å². The minimum atomic E-state index is -2.88. The molecule has 0 amide bonds. The van der Waals surface area contributed by atoms with Gasteiger partial charge in [-0.15, -0.1) is 23.1 Å². The number of halogens is 2. The molecule has 1 N–H and O–H groups in total. The largest absolute Gasteiger partial charge is 0.496 e. The standard InChI is InChI=1S/C23H23F2NO4S2/c1-13-20(32-22(26-13)14-5-7-16(8-6-14)23(2,24)25)12-31-19-9-15(10-21(27)28)17(29-3)11-18(19)30-4/h5-9,11H,10,12H2,1-4H3,(H,27,28). The van der Waals surface area contributed by atoms with Crippen molar-refractivity contribution < 1.29 is 28.2 Å². The zero-order valence-electron chi connectivity index (χ0n) is 18.1. The van der Waals surface area contributed by atoms with E-state index >= 15 is 0 Å². The summed E-state index contributed by atoms with van der Waals surface area (Å²) in [6.07, 6.45) is -0.155. The molecule has 0 atom stereocenters. The van der Waals surface area contributed by atoms with Crippen LogP contribution in [0.4, 0.5) is 8.78 Å². The molecule has 1 heterocycles. The Morgan fingerprint density at radius 3 is 2.38 bits per heavy atom. The summed E-state index contributed by atoms with van der Waals surface area (Å²) in [5, 5.41) is 9.94. The van der Waals surface area contributed by atoms with Crippen LogP contribution in [0.25, 0.3) is 10.6 Å². The van der Waals surface area contributed by atoms with E-state index in [4.69, 9.17) is 9.47 Å².